The van der Waals surface area contributed by atoms with E-state index in [0.717, 1.165) is 70.8 Å². The van der Waals surface area contributed by atoms with Crippen LogP contribution in [0.5, 0.6) is 5.75 Å². The van der Waals surface area contributed by atoms with Crippen molar-refractivity contribution in [3.8, 4) is 5.75 Å². The monoisotopic (exact) mass is 432 g/mol. The average molecular weight is 433 g/mol. The molecule has 2 heterocycles. The number of hydrogen-bond acceptors (Lipinski definition) is 5. The maximum atomic E-state index is 12.6. The van der Waals surface area contributed by atoms with Gasteiger partial charge in [-0.15, -0.1) is 0 Å². The molecule has 0 saturated carbocycles. The van der Waals surface area contributed by atoms with Crippen LogP contribution < -0.4 is 20.3 Å². The van der Waals surface area contributed by atoms with Gasteiger partial charge in [-0.25, -0.2) is 4.79 Å². The number of methoxy groups -OCH3 is 1. The number of morpholine rings is 1. The second-order valence-corrected chi connectivity index (χ2v) is 8.61. The van der Waals surface area contributed by atoms with Crippen molar-refractivity contribution < 1.29 is 14.3 Å². The number of carbonyl (C=O) groups excluding carboxylic acids is 1. The number of carbonyl (C=O) groups is 1. The zero-order valence-corrected chi connectivity index (χ0v) is 19.4. The lowest BCUT2D eigenvalue weighted by molar-refractivity contribution is 0.00236. The molecule has 1 aromatic rings. The van der Waals surface area contributed by atoms with Crippen LogP contribution in [0, 0.1) is 5.92 Å². The summed E-state index contributed by atoms with van der Waals surface area (Å²) in [5, 5.41) is 6.37. The minimum absolute atomic E-state index is 0.0351. The molecule has 2 saturated heterocycles. The van der Waals surface area contributed by atoms with Gasteiger partial charge in [0.1, 0.15) is 5.75 Å². The van der Waals surface area contributed by atoms with Gasteiger partial charge in [-0.1, -0.05) is 26.7 Å². The highest BCUT2D eigenvalue weighted by atomic mass is 16.5. The summed E-state index contributed by atoms with van der Waals surface area (Å²) in [5.41, 5.74) is 1.21. The largest absolute Gasteiger partial charge is 0.497 e. The first-order valence-electron chi connectivity index (χ1n) is 11.9. The van der Waals surface area contributed by atoms with Crippen molar-refractivity contribution in [1.82, 2.24) is 15.5 Å². The van der Waals surface area contributed by atoms with Gasteiger partial charge in [-0.2, -0.15) is 0 Å². The summed E-state index contributed by atoms with van der Waals surface area (Å²) in [6.07, 6.45) is 4.18. The van der Waals surface area contributed by atoms with Gasteiger partial charge in [0.25, 0.3) is 0 Å². The first-order valence-corrected chi connectivity index (χ1v) is 11.9. The maximum absolute atomic E-state index is 12.6. The van der Waals surface area contributed by atoms with Gasteiger partial charge in [-0.3, -0.25) is 4.90 Å². The van der Waals surface area contributed by atoms with Crippen molar-refractivity contribution in [3.63, 3.8) is 0 Å². The molecule has 3 rings (SSSR count). The normalized spacial score (nSPS) is 19.3. The fourth-order valence-corrected chi connectivity index (χ4v) is 4.84. The quantitative estimate of drug-likeness (QED) is 0.628. The zero-order chi connectivity index (χ0) is 22.1. The molecule has 174 valence electrons. The summed E-state index contributed by atoms with van der Waals surface area (Å²) < 4.78 is 10.8. The van der Waals surface area contributed by atoms with E-state index < -0.39 is 0 Å². The molecule has 7 nitrogen and oxygen atoms in total. The van der Waals surface area contributed by atoms with Crippen LogP contribution >= 0.6 is 0 Å². The Hall–Kier alpha value is -1.99. The fourth-order valence-electron chi connectivity index (χ4n) is 4.84. The van der Waals surface area contributed by atoms with Crippen LogP contribution in [0.2, 0.25) is 0 Å². The smallest absolute Gasteiger partial charge is 0.315 e. The highest BCUT2D eigenvalue weighted by molar-refractivity contribution is 5.74. The van der Waals surface area contributed by atoms with Crippen LogP contribution in [0.3, 0.4) is 0 Å². The Balaban J connectivity index is 1.44. The standard InChI is InChI=1S/C24H40N4O3/c1-4-19(5-2)23(28-14-16-31-17-15-28)18-25-24(29)26-20-10-12-27(13-11-20)21-6-8-22(30-3)9-7-21/h6-9,19-20,23H,4-5,10-18H2,1-3H3,(H2,25,26,29). The van der Waals surface area contributed by atoms with E-state index in [1.54, 1.807) is 7.11 Å². The van der Waals surface area contributed by atoms with Crippen LogP contribution in [-0.2, 0) is 4.74 Å². The van der Waals surface area contributed by atoms with Crippen molar-refractivity contribution in [3.05, 3.63) is 24.3 Å². The number of hydrogen-bond donors (Lipinski definition) is 2. The Morgan fingerprint density at radius 3 is 2.32 bits per heavy atom. The summed E-state index contributed by atoms with van der Waals surface area (Å²) in [6, 6.07) is 8.76. The third-order valence-corrected chi connectivity index (χ3v) is 6.85. The third kappa shape index (κ3) is 6.74. The maximum Gasteiger partial charge on any atom is 0.315 e. The first kappa shape index (κ1) is 23.7. The topological polar surface area (TPSA) is 66.1 Å². The predicted octanol–water partition coefficient (Wildman–Crippen LogP) is 3.10. The van der Waals surface area contributed by atoms with E-state index in [4.69, 9.17) is 9.47 Å². The SMILES string of the molecule is CCC(CC)C(CNC(=O)NC1CCN(c2ccc(OC)cc2)CC1)N1CCOCC1. The molecule has 2 amide bonds. The molecule has 0 aliphatic carbocycles. The molecule has 0 radical (unpaired) electrons. The molecule has 2 N–H and O–H groups in total. The minimum atomic E-state index is -0.0351. The van der Waals surface area contributed by atoms with Gasteiger partial charge in [0.05, 0.1) is 20.3 Å². The summed E-state index contributed by atoms with van der Waals surface area (Å²) >= 11 is 0. The summed E-state index contributed by atoms with van der Waals surface area (Å²) in [4.78, 5) is 17.5. The van der Waals surface area contributed by atoms with Gasteiger partial charge in [0.15, 0.2) is 0 Å². The number of anilines is 1. The molecule has 2 aliphatic rings. The molecule has 0 aromatic heterocycles. The lowest BCUT2D eigenvalue weighted by atomic mass is 9.92. The molecule has 2 fully saturated rings. The number of ether oxygens (including phenoxy) is 2. The molecular formula is C24H40N4O3. The Morgan fingerprint density at radius 1 is 1.10 bits per heavy atom. The van der Waals surface area contributed by atoms with Crippen LogP contribution in [0.4, 0.5) is 10.5 Å². The van der Waals surface area contributed by atoms with Gasteiger partial charge >= 0.3 is 6.03 Å². The molecule has 0 spiro atoms. The van der Waals surface area contributed by atoms with E-state index in [2.05, 4.69) is 46.4 Å². The van der Waals surface area contributed by atoms with Gasteiger partial charge in [-0.05, 0) is 43.0 Å². The van der Waals surface area contributed by atoms with Crippen LogP contribution in [-0.4, -0.2) is 76.1 Å². The van der Waals surface area contributed by atoms with Gasteiger partial charge < -0.3 is 25.0 Å². The summed E-state index contributed by atoms with van der Waals surface area (Å²) in [7, 11) is 1.69. The lowest BCUT2D eigenvalue weighted by Crippen LogP contribution is -2.54. The fraction of sp³-hybridized carbons (Fsp3) is 0.708. The highest BCUT2D eigenvalue weighted by Gasteiger charge is 2.28. The molecule has 31 heavy (non-hydrogen) atoms. The lowest BCUT2D eigenvalue weighted by Gasteiger charge is -2.39. The molecule has 7 heteroatoms. The van der Waals surface area contributed by atoms with Crippen LogP contribution in [0.25, 0.3) is 0 Å². The number of piperidine rings is 1. The average Bonchev–Trinajstić information content (AvgIpc) is 2.83. The Bertz CT molecular complexity index is 651. The van der Waals surface area contributed by atoms with Crippen LogP contribution in [0.1, 0.15) is 39.5 Å². The number of nitrogens with zero attached hydrogens (tertiary/aromatic N) is 2. The number of amides is 2. The predicted molar refractivity (Wildman–Crippen MR) is 125 cm³/mol. The molecule has 2 aliphatic heterocycles. The Labute approximate surface area is 187 Å². The second-order valence-electron chi connectivity index (χ2n) is 8.61. The molecule has 0 bridgehead atoms. The number of urea groups is 1. The van der Waals surface area contributed by atoms with E-state index >= 15 is 0 Å². The van der Waals surface area contributed by atoms with Gasteiger partial charge in [0.2, 0.25) is 0 Å². The van der Waals surface area contributed by atoms with Crippen molar-refractivity contribution >= 4 is 11.7 Å². The summed E-state index contributed by atoms with van der Waals surface area (Å²) in [5.74, 6) is 1.46. The first-order chi connectivity index (χ1) is 15.1. The van der Waals surface area contributed by atoms with Crippen molar-refractivity contribution in [1.29, 1.82) is 0 Å². The van der Waals surface area contributed by atoms with Crippen molar-refractivity contribution in [2.45, 2.75) is 51.6 Å². The Kier molecular flexibility index (Phi) is 9.28. The third-order valence-electron chi connectivity index (χ3n) is 6.85. The molecule has 1 unspecified atom stereocenters. The summed E-state index contributed by atoms with van der Waals surface area (Å²) in [6.45, 7) is 10.6. The number of rotatable bonds is 9. The van der Waals surface area contributed by atoms with E-state index in [1.807, 2.05) is 12.1 Å². The van der Waals surface area contributed by atoms with Crippen molar-refractivity contribution in [2.75, 3.05) is 57.9 Å². The van der Waals surface area contributed by atoms with E-state index in [-0.39, 0.29) is 12.1 Å². The van der Waals surface area contributed by atoms with E-state index in [0.29, 0.717) is 18.5 Å². The zero-order valence-electron chi connectivity index (χ0n) is 19.4. The number of benzene rings is 1. The molecule has 1 aromatic carbocycles. The van der Waals surface area contributed by atoms with Gasteiger partial charge in [0, 0.05) is 50.5 Å². The van der Waals surface area contributed by atoms with E-state index in [9.17, 15) is 4.79 Å². The molecular weight excluding hydrogens is 392 g/mol. The van der Waals surface area contributed by atoms with Crippen molar-refractivity contribution in [2.24, 2.45) is 5.92 Å². The molecule has 1 atom stereocenters. The van der Waals surface area contributed by atoms with E-state index in [1.165, 1.54) is 5.69 Å². The number of nitrogens with one attached hydrogen (secondary N) is 2. The minimum Gasteiger partial charge on any atom is -0.497 e. The highest BCUT2D eigenvalue weighted by Crippen LogP contribution is 2.23. The second kappa shape index (κ2) is 12.2. The Morgan fingerprint density at radius 2 is 1.74 bits per heavy atom. The van der Waals surface area contributed by atoms with Crippen LogP contribution in [0.15, 0.2) is 24.3 Å².